The van der Waals surface area contributed by atoms with Crippen molar-refractivity contribution in [1.29, 1.82) is 0 Å². The molecule has 0 fully saturated rings. The molecule has 6 nitrogen and oxygen atoms in total. The Labute approximate surface area is 212 Å². The molecular formula is C27H31ClN2O4S. The monoisotopic (exact) mass is 514 g/mol. The summed E-state index contributed by atoms with van der Waals surface area (Å²) in [7, 11) is -3.97. The van der Waals surface area contributed by atoms with E-state index < -0.39 is 15.9 Å². The Bertz CT molecular complexity index is 1170. The molecule has 2 N–H and O–H groups in total. The molecule has 3 aromatic carbocycles. The van der Waals surface area contributed by atoms with Crippen molar-refractivity contribution in [3.8, 4) is 5.75 Å². The first-order valence-corrected chi connectivity index (χ1v) is 13.6. The number of amides is 1. The van der Waals surface area contributed by atoms with Crippen LogP contribution < -0.4 is 14.8 Å². The maximum Gasteiger partial charge on any atom is 0.265 e. The topological polar surface area (TPSA) is 84.5 Å². The number of halogens is 1. The van der Waals surface area contributed by atoms with Crippen LogP contribution in [-0.4, -0.2) is 34.0 Å². The molecule has 8 heteroatoms. The Morgan fingerprint density at radius 3 is 2.20 bits per heavy atom. The van der Waals surface area contributed by atoms with Crippen LogP contribution in [0.1, 0.15) is 30.4 Å². The number of ether oxygens (including phenoxy) is 1. The predicted molar refractivity (Wildman–Crippen MR) is 139 cm³/mol. The number of benzene rings is 3. The molecule has 3 rings (SSSR count). The third-order valence-corrected chi connectivity index (χ3v) is 7.24. The highest BCUT2D eigenvalue weighted by Crippen LogP contribution is 2.20. The van der Waals surface area contributed by atoms with Crippen molar-refractivity contribution in [1.82, 2.24) is 10.0 Å². The van der Waals surface area contributed by atoms with Crippen molar-refractivity contribution >= 4 is 27.5 Å². The standard InChI is InChI=1S/C27H31ClN2O4S/c28-25-12-4-5-13-26(25)35(32,33)30-27(31)18-20-29-19-6-10-23-14-16-24(17-15-23)34-21-7-11-22-8-2-1-3-9-22/h1-5,8-9,12-17,29H,6-7,10-11,18-21H2,(H,30,31). The van der Waals surface area contributed by atoms with E-state index in [4.69, 9.17) is 16.3 Å². The average Bonchev–Trinajstić information content (AvgIpc) is 2.85. The first-order chi connectivity index (χ1) is 16.9. The molecule has 0 spiro atoms. The van der Waals surface area contributed by atoms with Gasteiger partial charge in [-0.15, -0.1) is 0 Å². The van der Waals surface area contributed by atoms with Crippen LogP contribution >= 0.6 is 11.6 Å². The van der Waals surface area contributed by atoms with E-state index in [0.717, 1.165) is 38.0 Å². The lowest BCUT2D eigenvalue weighted by Crippen LogP contribution is -2.33. The fourth-order valence-electron chi connectivity index (χ4n) is 3.53. The van der Waals surface area contributed by atoms with Gasteiger partial charge in [0.15, 0.2) is 0 Å². The summed E-state index contributed by atoms with van der Waals surface area (Å²) in [5.74, 6) is 0.300. The summed E-state index contributed by atoms with van der Waals surface area (Å²) in [6.45, 7) is 1.80. The summed E-state index contributed by atoms with van der Waals surface area (Å²) < 4.78 is 32.4. The van der Waals surface area contributed by atoms with Crippen molar-refractivity contribution in [3.05, 3.63) is 95.0 Å². The van der Waals surface area contributed by atoms with Gasteiger partial charge in [0.1, 0.15) is 10.6 Å². The van der Waals surface area contributed by atoms with Crippen LogP contribution in [0.25, 0.3) is 0 Å². The lowest BCUT2D eigenvalue weighted by atomic mass is 10.1. The van der Waals surface area contributed by atoms with Crippen molar-refractivity contribution in [2.45, 2.75) is 37.0 Å². The summed E-state index contributed by atoms with van der Waals surface area (Å²) in [6.07, 6.45) is 3.83. The third-order valence-electron chi connectivity index (χ3n) is 5.37. The molecule has 35 heavy (non-hydrogen) atoms. The Hall–Kier alpha value is -2.87. The number of rotatable bonds is 14. The molecule has 0 saturated heterocycles. The molecule has 3 aromatic rings. The number of sulfonamides is 1. The van der Waals surface area contributed by atoms with E-state index in [0.29, 0.717) is 13.2 Å². The summed E-state index contributed by atoms with van der Waals surface area (Å²) in [6, 6.07) is 24.5. The van der Waals surface area contributed by atoms with E-state index in [2.05, 4.69) is 46.4 Å². The van der Waals surface area contributed by atoms with Gasteiger partial charge in [-0.1, -0.05) is 66.2 Å². The zero-order chi connectivity index (χ0) is 24.9. The fourth-order valence-corrected chi connectivity index (χ4v) is 5.06. The molecule has 0 aromatic heterocycles. The second-order valence-electron chi connectivity index (χ2n) is 8.14. The summed E-state index contributed by atoms with van der Waals surface area (Å²) in [4.78, 5) is 11.9. The van der Waals surface area contributed by atoms with Crippen LogP contribution in [0.5, 0.6) is 5.75 Å². The molecule has 186 valence electrons. The van der Waals surface area contributed by atoms with Crippen molar-refractivity contribution < 1.29 is 17.9 Å². The highest BCUT2D eigenvalue weighted by Gasteiger charge is 2.19. The SMILES string of the molecule is O=C(CCNCCCc1ccc(OCCCc2ccccc2)cc1)NS(=O)(=O)c1ccccc1Cl. The predicted octanol–water partition coefficient (Wildman–Crippen LogP) is 4.77. The lowest BCUT2D eigenvalue weighted by molar-refractivity contribution is -0.119. The molecule has 0 aliphatic rings. The van der Waals surface area contributed by atoms with E-state index in [1.165, 1.54) is 23.3 Å². The van der Waals surface area contributed by atoms with Crippen molar-refractivity contribution in [2.24, 2.45) is 0 Å². The Balaban J connectivity index is 1.26. The normalized spacial score (nSPS) is 11.2. The molecular weight excluding hydrogens is 484 g/mol. The van der Waals surface area contributed by atoms with Crippen LogP contribution in [0, 0.1) is 0 Å². The minimum atomic E-state index is -3.97. The summed E-state index contributed by atoms with van der Waals surface area (Å²) in [5, 5.41) is 3.25. The van der Waals surface area contributed by atoms with Crippen LogP contribution in [0.4, 0.5) is 0 Å². The third kappa shape index (κ3) is 9.36. The van der Waals surface area contributed by atoms with E-state index in [1.807, 2.05) is 18.2 Å². The van der Waals surface area contributed by atoms with Crippen LogP contribution in [0.15, 0.2) is 83.8 Å². The Morgan fingerprint density at radius 1 is 0.800 bits per heavy atom. The zero-order valence-corrected chi connectivity index (χ0v) is 21.2. The van der Waals surface area contributed by atoms with Gasteiger partial charge in [-0.05, 0) is 67.6 Å². The highest BCUT2D eigenvalue weighted by atomic mass is 35.5. The van der Waals surface area contributed by atoms with Gasteiger partial charge in [-0.3, -0.25) is 4.79 Å². The quantitative estimate of drug-likeness (QED) is 0.303. The lowest BCUT2D eigenvalue weighted by Gasteiger charge is -2.09. The van der Waals surface area contributed by atoms with Gasteiger partial charge in [0.05, 0.1) is 11.6 Å². The first kappa shape index (κ1) is 26.7. The van der Waals surface area contributed by atoms with Gasteiger partial charge in [0.2, 0.25) is 5.91 Å². The molecule has 0 saturated carbocycles. The van der Waals surface area contributed by atoms with Gasteiger partial charge in [-0.2, -0.15) is 0 Å². The van der Waals surface area contributed by atoms with Crippen LogP contribution in [0.3, 0.4) is 0 Å². The highest BCUT2D eigenvalue weighted by molar-refractivity contribution is 7.90. The molecule has 1 amide bonds. The smallest absolute Gasteiger partial charge is 0.265 e. The maximum absolute atomic E-state index is 12.3. The number of hydrogen-bond donors (Lipinski definition) is 2. The number of hydrogen-bond acceptors (Lipinski definition) is 5. The second-order valence-corrected chi connectivity index (χ2v) is 10.2. The number of carbonyl (C=O) groups excluding carboxylic acids is 1. The Morgan fingerprint density at radius 2 is 1.46 bits per heavy atom. The Kier molecular flexibility index (Phi) is 10.6. The molecule has 0 bridgehead atoms. The fraction of sp³-hybridized carbons (Fsp3) is 0.296. The van der Waals surface area contributed by atoms with Crippen LogP contribution in [0.2, 0.25) is 5.02 Å². The van der Waals surface area contributed by atoms with Gasteiger partial charge in [0, 0.05) is 13.0 Å². The average molecular weight is 515 g/mol. The van der Waals surface area contributed by atoms with Gasteiger partial charge in [-0.25, -0.2) is 13.1 Å². The molecule has 0 aliphatic carbocycles. The minimum absolute atomic E-state index is 0.0555. The second kappa shape index (κ2) is 13.9. The van der Waals surface area contributed by atoms with Crippen LogP contribution in [-0.2, 0) is 27.7 Å². The molecule has 0 atom stereocenters. The minimum Gasteiger partial charge on any atom is -0.494 e. The molecule has 0 unspecified atom stereocenters. The first-order valence-electron chi connectivity index (χ1n) is 11.7. The van der Waals surface area contributed by atoms with E-state index in [-0.39, 0.29) is 16.3 Å². The number of nitrogens with one attached hydrogen (secondary N) is 2. The van der Waals surface area contributed by atoms with E-state index >= 15 is 0 Å². The summed E-state index contributed by atoms with van der Waals surface area (Å²) >= 11 is 5.91. The largest absolute Gasteiger partial charge is 0.494 e. The van der Waals surface area contributed by atoms with Crippen molar-refractivity contribution in [2.75, 3.05) is 19.7 Å². The van der Waals surface area contributed by atoms with E-state index in [1.54, 1.807) is 12.1 Å². The molecule has 0 radical (unpaired) electrons. The molecule has 0 aliphatic heterocycles. The number of carbonyl (C=O) groups is 1. The molecule has 0 heterocycles. The number of aryl methyl sites for hydroxylation is 2. The van der Waals surface area contributed by atoms with E-state index in [9.17, 15) is 13.2 Å². The van der Waals surface area contributed by atoms with Gasteiger partial charge in [0.25, 0.3) is 10.0 Å². The van der Waals surface area contributed by atoms with Crippen molar-refractivity contribution in [3.63, 3.8) is 0 Å². The zero-order valence-electron chi connectivity index (χ0n) is 19.6. The maximum atomic E-state index is 12.3. The van der Waals surface area contributed by atoms with Gasteiger partial charge >= 0.3 is 0 Å². The summed E-state index contributed by atoms with van der Waals surface area (Å²) in [5.41, 5.74) is 2.54. The van der Waals surface area contributed by atoms with Gasteiger partial charge < -0.3 is 10.1 Å².